The van der Waals surface area contributed by atoms with Gasteiger partial charge in [-0.1, -0.05) is 23.2 Å². The Balaban J connectivity index is 1.39. The third-order valence-electron chi connectivity index (χ3n) is 6.83. The molecule has 1 aromatic carbocycles. The highest BCUT2D eigenvalue weighted by molar-refractivity contribution is 9.10. The van der Waals surface area contributed by atoms with Crippen LogP contribution in [0.2, 0.25) is 10.0 Å². The van der Waals surface area contributed by atoms with Crippen molar-refractivity contribution < 1.29 is 23.1 Å². The minimum atomic E-state index is -0.762. The summed E-state index contributed by atoms with van der Waals surface area (Å²) in [4.78, 5) is 18.5. The van der Waals surface area contributed by atoms with Crippen molar-refractivity contribution in [1.29, 1.82) is 0 Å². The molecule has 13 heteroatoms. The Morgan fingerprint density at radius 3 is 2.63 bits per heavy atom. The first kappa shape index (κ1) is 29.5. The average molecular weight is 669 g/mol. The molecular formula is C28H29BrCl2FN5O4. The topological polar surface area (TPSA) is 109 Å². The fourth-order valence-corrected chi connectivity index (χ4v) is 6.14. The van der Waals surface area contributed by atoms with E-state index in [9.17, 15) is 9.18 Å². The molecule has 4 heterocycles. The number of nitrogen functional groups attached to an aromatic ring is 1. The van der Waals surface area contributed by atoms with Gasteiger partial charge in [-0.05, 0) is 68.6 Å². The van der Waals surface area contributed by atoms with Crippen molar-refractivity contribution in [2.75, 3.05) is 18.8 Å². The molecule has 1 aliphatic heterocycles. The highest BCUT2D eigenvalue weighted by atomic mass is 79.9. The number of amides is 1. The summed E-state index contributed by atoms with van der Waals surface area (Å²) < 4.78 is 34.2. The van der Waals surface area contributed by atoms with Crippen LogP contribution in [0.5, 0.6) is 5.75 Å². The summed E-state index contributed by atoms with van der Waals surface area (Å²) in [5.41, 5.74) is 7.81. The second kappa shape index (κ2) is 11.3. The maximum atomic E-state index is 14.1. The fraction of sp³-hybridized carbons (Fsp3) is 0.393. The van der Waals surface area contributed by atoms with E-state index in [4.69, 9.17) is 42.8 Å². The maximum absolute atomic E-state index is 14.1. The number of carbonyl (C=O) groups is 1. The summed E-state index contributed by atoms with van der Waals surface area (Å²) in [6.07, 6.45) is 5.72. The Morgan fingerprint density at radius 2 is 1.95 bits per heavy atom. The average Bonchev–Trinajstić information content (AvgIpc) is 3.51. The Morgan fingerprint density at radius 1 is 1.24 bits per heavy atom. The van der Waals surface area contributed by atoms with Crippen LogP contribution in [0.15, 0.2) is 39.8 Å². The van der Waals surface area contributed by atoms with Crippen molar-refractivity contribution in [2.24, 2.45) is 0 Å². The zero-order valence-electron chi connectivity index (χ0n) is 22.9. The Labute approximate surface area is 254 Å². The van der Waals surface area contributed by atoms with Gasteiger partial charge in [-0.3, -0.25) is 4.68 Å². The van der Waals surface area contributed by atoms with Gasteiger partial charge in [0.25, 0.3) is 0 Å². The van der Waals surface area contributed by atoms with Crippen molar-refractivity contribution in [3.8, 4) is 16.9 Å². The highest BCUT2D eigenvalue weighted by Gasteiger charge is 2.29. The van der Waals surface area contributed by atoms with Gasteiger partial charge in [0.05, 0.1) is 22.6 Å². The first-order chi connectivity index (χ1) is 19.3. The summed E-state index contributed by atoms with van der Waals surface area (Å²) in [5, 5.41) is 5.38. The van der Waals surface area contributed by atoms with Crippen LogP contribution in [0.25, 0.3) is 22.1 Å². The van der Waals surface area contributed by atoms with E-state index in [2.05, 4.69) is 26.0 Å². The van der Waals surface area contributed by atoms with E-state index in [0.717, 1.165) is 24.0 Å². The fourth-order valence-electron chi connectivity index (χ4n) is 4.86. The Kier molecular flexibility index (Phi) is 8.15. The van der Waals surface area contributed by atoms with Crippen molar-refractivity contribution in [3.05, 3.63) is 56.8 Å². The number of pyridine rings is 1. The lowest BCUT2D eigenvalue weighted by molar-refractivity contribution is 0.0185. The quantitative estimate of drug-likeness (QED) is 0.214. The minimum Gasteiger partial charge on any atom is -0.478 e. The summed E-state index contributed by atoms with van der Waals surface area (Å²) in [6.45, 7) is 8.41. The van der Waals surface area contributed by atoms with Gasteiger partial charge in [0.1, 0.15) is 17.5 Å². The van der Waals surface area contributed by atoms with Gasteiger partial charge in [0.2, 0.25) is 5.75 Å². The molecule has 0 aliphatic carbocycles. The predicted octanol–water partition coefficient (Wildman–Crippen LogP) is 8.19. The number of nitrogens with two attached hydrogens (primary N) is 1. The van der Waals surface area contributed by atoms with Crippen LogP contribution in [0, 0.1) is 5.82 Å². The van der Waals surface area contributed by atoms with Crippen molar-refractivity contribution in [1.82, 2.24) is 19.7 Å². The largest absolute Gasteiger partial charge is 0.478 e. The predicted molar refractivity (Wildman–Crippen MR) is 159 cm³/mol. The minimum absolute atomic E-state index is 0.0910. The van der Waals surface area contributed by atoms with Crippen LogP contribution < -0.4 is 10.5 Å². The molecule has 9 nitrogen and oxygen atoms in total. The Bertz CT molecular complexity index is 1610. The van der Waals surface area contributed by atoms with Gasteiger partial charge in [0.15, 0.2) is 16.1 Å². The summed E-state index contributed by atoms with van der Waals surface area (Å²) in [5.74, 6) is -0.338. The molecule has 4 aromatic rings. The number of piperidine rings is 1. The molecule has 1 unspecified atom stereocenters. The maximum Gasteiger partial charge on any atom is 0.410 e. The number of carbonyl (C=O) groups excluding carboxylic acids is 1. The summed E-state index contributed by atoms with van der Waals surface area (Å²) >= 11 is 16.0. The van der Waals surface area contributed by atoms with Gasteiger partial charge in [-0.15, -0.1) is 0 Å². The molecule has 0 saturated carbocycles. The first-order valence-electron chi connectivity index (χ1n) is 13.0. The third-order valence-corrected chi connectivity index (χ3v) is 8.11. The molecule has 1 fully saturated rings. The molecule has 5 rings (SSSR count). The second-order valence-corrected chi connectivity index (χ2v) is 12.4. The molecule has 3 aromatic heterocycles. The lowest BCUT2D eigenvalue weighted by Crippen LogP contribution is -2.42. The number of hydrogen-bond acceptors (Lipinski definition) is 7. The van der Waals surface area contributed by atoms with Crippen LogP contribution >= 0.6 is 39.1 Å². The van der Waals surface area contributed by atoms with Crippen molar-refractivity contribution in [2.45, 2.75) is 58.3 Å². The molecule has 0 radical (unpaired) electrons. The van der Waals surface area contributed by atoms with Gasteiger partial charge in [-0.25, -0.2) is 14.2 Å². The molecule has 1 amide bonds. The number of fused-ring (bicyclic) bond motifs is 1. The summed E-state index contributed by atoms with van der Waals surface area (Å²) in [7, 11) is 0. The van der Waals surface area contributed by atoms with Crippen LogP contribution in [-0.4, -0.2) is 44.4 Å². The molecule has 0 bridgehead atoms. The Hall–Kier alpha value is -3.02. The lowest BCUT2D eigenvalue weighted by Gasteiger charge is -2.33. The van der Waals surface area contributed by atoms with Crippen molar-refractivity contribution in [3.63, 3.8) is 0 Å². The van der Waals surface area contributed by atoms with Crippen molar-refractivity contribution >= 4 is 62.0 Å². The van der Waals surface area contributed by atoms with E-state index in [1.165, 1.54) is 12.1 Å². The molecular weight excluding hydrogens is 640 g/mol. The molecule has 1 aliphatic rings. The van der Waals surface area contributed by atoms with E-state index in [1.807, 2.05) is 31.6 Å². The van der Waals surface area contributed by atoms with Gasteiger partial charge in [-0.2, -0.15) is 5.10 Å². The number of ether oxygens (including phenoxy) is 2. The first-order valence-corrected chi connectivity index (χ1v) is 14.6. The number of nitrogens with zero attached hydrogens (tertiary/aromatic N) is 4. The smallest absolute Gasteiger partial charge is 0.410 e. The molecule has 2 N–H and O–H groups in total. The normalized spacial score (nSPS) is 15.4. The molecule has 1 saturated heterocycles. The highest BCUT2D eigenvalue weighted by Crippen LogP contribution is 2.45. The van der Waals surface area contributed by atoms with Gasteiger partial charge >= 0.3 is 6.09 Å². The van der Waals surface area contributed by atoms with Gasteiger partial charge in [0, 0.05) is 47.2 Å². The molecule has 0 spiro atoms. The number of anilines is 1. The van der Waals surface area contributed by atoms with E-state index in [0.29, 0.717) is 28.7 Å². The number of furan rings is 1. The van der Waals surface area contributed by atoms with E-state index >= 15 is 0 Å². The van der Waals surface area contributed by atoms with Crippen LogP contribution in [0.4, 0.5) is 15.0 Å². The second-order valence-electron chi connectivity index (χ2n) is 10.9. The van der Waals surface area contributed by atoms with Crippen LogP contribution in [0.1, 0.15) is 58.2 Å². The standard InChI is InChI=1S/C28H29BrCl2FN5O4/c1-14(20-18(30)5-6-19(32)22(20)31)39-24-23-17(12-34-26(24)33)21(25(29)40-23)15-11-35-37(13-15)16-7-9-36(10-8-16)27(38)41-28(2,3)4/h5-6,11-14,16H,7-10H2,1-4H3,(H2,33,34). The number of halogens is 4. The zero-order chi connectivity index (χ0) is 29.6. The molecule has 41 heavy (non-hydrogen) atoms. The van der Waals surface area contributed by atoms with E-state index in [-0.39, 0.29) is 39.3 Å². The van der Waals surface area contributed by atoms with Gasteiger partial charge < -0.3 is 24.5 Å². The monoisotopic (exact) mass is 667 g/mol. The number of benzene rings is 1. The van der Waals surface area contributed by atoms with E-state index < -0.39 is 17.5 Å². The van der Waals surface area contributed by atoms with Crippen LogP contribution in [0.3, 0.4) is 0 Å². The van der Waals surface area contributed by atoms with E-state index in [1.54, 1.807) is 24.2 Å². The number of rotatable bonds is 5. The molecule has 1 atom stereocenters. The lowest BCUT2D eigenvalue weighted by atomic mass is 10.1. The SMILES string of the molecule is CC(Oc1c(N)ncc2c(-c3cnn(C4CCN(C(=O)OC(C)(C)C)CC4)c3)c(Br)oc12)c1c(Cl)ccc(F)c1Cl. The number of likely N-dealkylation sites (tertiary alicyclic amines) is 1. The number of aromatic nitrogens is 3. The summed E-state index contributed by atoms with van der Waals surface area (Å²) in [6, 6.07) is 2.73. The zero-order valence-corrected chi connectivity index (χ0v) is 26.0. The number of hydrogen-bond donors (Lipinski definition) is 1. The molecule has 218 valence electrons. The third kappa shape index (κ3) is 5.98. The van der Waals surface area contributed by atoms with Crippen LogP contribution in [-0.2, 0) is 4.74 Å².